The molecule has 0 aliphatic carbocycles. The minimum Gasteiger partial charge on any atom is -0.355 e. The van der Waals surface area contributed by atoms with Crippen molar-refractivity contribution in [2.75, 3.05) is 39.6 Å². The highest BCUT2D eigenvalue weighted by Crippen LogP contribution is 2.25. The van der Waals surface area contributed by atoms with Gasteiger partial charge in [-0.05, 0) is 24.7 Å². The van der Waals surface area contributed by atoms with Gasteiger partial charge >= 0.3 is 0 Å². The van der Waals surface area contributed by atoms with E-state index >= 15 is 0 Å². The van der Waals surface area contributed by atoms with E-state index in [4.69, 9.17) is 11.6 Å². The van der Waals surface area contributed by atoms with E-state index in [2.05, 4.69) is 10.2 Å². The molecule has 0 spiro atoms. The Morgan fingerprint density at radius 1 is 1.36 bits per heavy atom. The van der Waals surface area contributed by atoms with Crippen LogP contribution in [0.1, 0.15) is 28.4 Å². The van der Waals surface area contributed by atoms with Gasteiger partial charge in [0.25, 0.3) is 5.91 Å². The Morgan fingerprint density at radius 2 is 2.14 bits per heavy atom. The van der Waals surface area contributed by atoms with Crippen molar-refractivity contribution in [1.29, 1.82) is 0 Å². The molecule has 0 radical (unpaired) electrons. The van der Waals surface area contributed by atoms with E-state index in [9.17, 15) is 9.59 Å². The summed E-state index contributed by atoms with van der Waals surface area (Å²) in [5.74, 6) is 0.341. The van der Waals surface area contributed by atoms with Crippen LogP contribution in [0.5, 0.6) is 0 Å². The van der Waals surface area contributed by atoms with Gasteiger partial charge in [-0.15, -0.1) is 11.6 Å². The molecule has 1 aliphatic heterocycles. The van der Waals surface area contributed by atoms with Gasteiger partial charge in [0.15, 0.2) is 0 Å². The van der Waals surface area contributed by atoms with Crippen molar-refractivity contribution in [3.05, 3.63) is 35.4 Å². The van der Waals surface area contributed by atoms with Crippen LogP contribution in [0, 0.1) is 0 Å². The van der Waals surface area contributed by atoms with Crippen molar-refractivity contribution < 1.29 is 9.59 Å². The minimum absolute atomic E-state index is 0.0931. The molecule has 2 rings (SSSR count). The Balaban J connectivity index is 2.18. The first-order valence-corrected chi connectivity index (χ1v) is 7.96. The number of benzene rings is 1. The second-order valence-electron chi connectivity index (χ2n) is 5.48. The first-order chi connectivity index (χ1) is 10.6. The molecular formula is C16H22ClN3O2. The molecule has 0 saturated carbocycles. The molecule has 1 aliphatic rings. The number of carbonyl (C=O) groups is 2. The van der Waals surface area contributed by atoms with E-state index in [0.29, 0.717) is 24.4 Å². The van der Waals surface area contributed by atoms with E-state index in [1.165, 1.54) is 0 Å². The molecule has 1 aromatic carbocycles. The van der Waals surface area contributed by atoms with E-state index < -0.39 is 0 Å². The standard InChI is InChI=1S/C16H22ClN3O2/c1-18-16(22)13-5-3-4-12(10-13)14-11-20(9-8-19(14)2)15(21)6-7-17/h3-5,10,14H,6-9,11H2,1-2H3,(H,18,22). The second-order valence-corrected chi connectivity index (χ2v) is 5.86. The maximum atomic E-state index is 12.1. The topological polar surface area (TPSA) is 52.7 Å². The predicted molar refractivity (Wildman–Crippen MR) is 87.1 cm³/mol. The van der Waals surface area contributed by atoms with Crippen LogP contribution in [-0.4, -0.2) is 61.2 Å². The summed E-state index contributed by atoms with van der Waals surface area (Å²) in [4.78, 5) is 27.9. The summed E-state index contributed by atoms with van der Waals surface area (Å²) in [6.07, 6.45) is 0.371. The lowest BCUT2D eigenvalue weighted by Gasteiger charge is -2.39. The van der Waals surface area contributed by atoms with E-state index in [0.717, 1.165) is 18.7 Å². The van der Waals surface area contributed by atoms with Crippen molar-refractivity contribution in [3.63, 3.8) is 0 Å². The molecule has 2 amide bonds. The highest BCUT2D eigenvalue weighted by molar-refractivity contribution is 6.18. The zero-order valence-electron chi connectivity index (χ0n) is 13.0. The van der Waals surface area contributed by atoms with Crippen LogP contribution in [0.15, 0.2) is 24.3 Å². The SMILES string of the molecule is CNC(=O)c1cccc(C2CN(C(=O)CCCl)CCN2C)c1. The van der Waals surface area contributed by atoms with Gasteiger partial charge in [-0.2, -0.15) is 0 Å². The van der Waals surface area contributed by atoms with Gasteiger partial charge in [0.1, 0.15) is 0 Å². The number of nitrogens with one attached hydrogen (secondary N) is 1. The molecule has 1 unspecified atom stereocenters. The van der Waals surface area contributed by atoms with Gasteiger partial charge in [0, 0.05) is 44.5 Å². The lowest BCUT2D eigenvalue weighted by Crippen LogP contribution is -2.49. The van der Waals surface area contributed by atoms with Crippen LogP contribution in [0.4, 0.5) is 0 Å². The van der Waals surface area contributed by atoms with Crippen molar-refractivity contribution in [2.24, 2.45) is 0 Å². The molecule has 1 fully saturated rings. The van der Waals surface area contributed by atoms with Gasteiger partial charge in [0.2, 0.25) is 5.91 Å². The predicted octanol–water partition coefficient (Wildman–Crippen LogP) is 1.49. The fraction of sp³-hybridized carbons (Fsp3) is 0.500. The number of piperazine rings is 1. The summed E-state index contributed by atoms with van der Waals surface area (Å²) < 4.78 is 0. The first-order valence-electron chi connectivity index (χ1n) is 7.43. The third kappa shape index (κ3) is 3.78. The smallest absolute Gasteiger partial charge is 0.251 e. The molecule has 22 heavy (non-hydrogen) atoms. The van der Waals surface area contributed by atoms with Crippen molar-refractivity contribution in [3.8, 4) is 0 Å². The van der Waals surface area contributed by atoms with Gasteiger partial charge < -0.3 is 10.2 Å². The van der Waals surface area contributed by atoms with Crippen molar-refractivity contribution in [2.45, 2.75) is 12.5 Å². The van der Waals surface area contributed by atoms with Gasteiger partial charge in [-0.1, -0.05) is 12.1 Å². The first kappa shape index (κ1) is 16.8. The van der Waals surface area contributed by atoms with Crippen LogP contribution < -0.4 is 5.32 Å². The molecular weight excluding hydrogens is 302 g/mol. The number of hydrogen-bond acceptors (Lipinski definition) is 3. The monoisotopic (exact) mass is 323 g/mol. The summed E-state index contributed by atoms with van der Waals surface area (Å²) >= 11 is 5.67. The van der Waals surface area contributed by atoms with E-state index in [1.54, 1.807) is 13.1 Å². The maximum absolute atomic E-state index is 12.1. The number of hydrogen-bond donors (Lipinski definition) is 1. The zero-order valence-corrected chi connectivity index (χ0v) is 13.8. The van der Waals surface area contributed by atoms with E-state index in [-0.39, 0.29) is 17.9 Å². The number of nitrogens with zero attached hydrogens (tertiary/aromatic N) is 2. The molecule has 1 N–H and O–H groups in total. The number of carbonyl (C=O) groups excluding carboxylic acids is 2. The Morgan fingerprint density at radius 3 is 2.82 bits per heavy atom. The number of alkyl halides is 1. The number of rotatable bonds is 4. The summed E-state index contributed by atoms with van der Waals surface area (Å²) in [6, 6.07) is 7.67. The summed E-state index contributed by atoms with van der Waals surface area (Å²) in [5, 5.41) is 2.63. The normalized spacial score (nSPS) is 19.0. The number of halogens is 1. The fourth-order valence-corrected chi connectivity index (χ4v) is 2.89. The summed E-state index contributed by atoms with van der Waals surface area (Å²) in [6.45, 7) is 2.16. The summed E-state index contributed by atoms with van der Waals surface area (Å²) in [5.41, 5.74) is 1.68. The molecule has 0 bridgehead atoms. The lowest BCUT2D eigenvalue weighted by molar-refractivity contribution is -0.133. The molecule has 120 valence electrons. The van der Waals surface area contributed by atoms with Crippen LogP contribution in [0.25, 0.3) is 0 Å². The maximum Gasteiger partial charge on any atom is 0.251 e. The largest absolute Gasteiger partial charge is 0.355 e. The number of likely N-dealkylation sites (N-methyl/N-ethyl adjacent to an activating group) is 1. The van der Waals surface area contributed by atoms with Gasteiger partial charge in [-0.3, -0.25) is 14.5 Å². The molecule has 1 atom stereocenters. The molecule has 0 aromatic heterocycles. The average Bonchev–Trinajstić information content (AvgIpc) is 2.54. The quantitative estimate of drug-likeness (QED) is 0.854. The van der Waals surface area contributed by atoms with Crippen molar-refractivity contribution >= 4 is 23.4 Å². The van der Waals surface area contributed by atoms with Crippen LogP contribution in [0.3, 0.4) is 0 Å². The highest BCUT2D eigenvalue weighted by atomic mass is 35.5. The third-order valence-corrected chi connectivity index (χ3v) is 4.26. The van der Waals surface area contributed by atoms with Crippen molar-refractivity contribution in [1.82, 2.24) is 15.1 Å². The Kier molecular flexibility index (Phi) is 5.80. The fourth-order valence-electron chi connectivity index (χ4n) is 2.73. The van der Waals surface area contributed by atoms with Crippen LogP contribution in [0.2, 0.25) is 0 Å². The van der Waals surface area contributed by atoms with Gasteiger partial charge in [0.05, 0.1) is 6.04 Å². The zero-order chi connectivity index (χ0) is 16.1. The Labute approximate surface area is 136 Å². The third-order valence-electron chi connectivity index (χ3n) is 4.07. The minimum atomic E-state index is -0.101. The molecule has 1 saturated heterocycles. The number of amides is 2. The lowest BCUT2D eigenvalue weighted by atomic mass is 10.00. The molecule has 5 nitrogen and oxygen atoms in total. The van der Waals surface area contributed by atoms with E-state index in [1.807, 2.05) is 30.1 Å². The average molecular weight is 324 g/mol. The van der Waals surface area contributed by atoms with Crippen LogP contribution >= 0.6 is 11.6 Å². The Bertz CT molecular complexity index is 550. The summed E-state index contributed by atoms with van der Waals surface area (Å²) in [7, 11) is 3.66. The van der Waals surface area contributed by atoms with Gasteiger partial charge in [-0.25, -0.2) is 0 Å². The molecule has 6 heteroatoms. The second kappa shape index (κ2) is 7.61. The Hall–Kier alpha value is -1.59. The van der Waals surface area contributed by atoms with Crippen LogP contribution in [-0.2, 0) is 4.79 Å². The molecule has 1 aromatic rings. The highest BCUT2D eigenvalue weighted by Gasteiger charge is 2.28. The molecule has 1 heterocycles.